The third-order valence-corrected chi connectivity index (χ3v) is 2.33. The van der Waals surface area contributed by atoms with E-state index in [1.807, 2.05) is 13.1 Å². The Morgan fingerprint density at radius 1 is 1.50 bits per heavy atom. The molecule has 2 heterocycles. The fourth-order valence-corrected chi connectivity index (χ4v) is 1.53. The molecule has 0 aliphatic rings. The Kier molecular flexibility index (Phi) is 2.86. The zero-order chi connectivity index (χ0) is 11.5. The van der Waals surface area contributed by atoms with Crippen LogP contribution in [-0.4, -0.2) is 38.5 Å². The second-order valence-corrected chi connectivity index (χ2v) is 3.38. The molecule has 0 unspecified atom stereocenters. The summed E-state index contributed by atoms with van der Waals surface area (Å²) < 4.78 is 8.46. The number of methoxy groups -OCH3 is 1. The van der Waals surface area contributed by atoms with E-state index in [1.165, 1.54) is 0 Å². The average Bonchev–Trinajstić information content (AvgIpc) is 2.82. The summed E-state index contributed by atoms with van der Waals surface area (Å²) in [5, 5.41) is 11.9. The number of nitrogen functional groups attached to an aromatic ring is 1. The van der Waals surface area contributed by atoms with Crippen LogP contribution in [0, 0.1) is 0 Å². The fraction of sp³-hybridized carbons (Fsp3) is 0.444. The van der Waals surface area contributed by atoms with Gasteiger partial charge in [0.05, 0.1) is 18.8 Å². The molecule has 0 atom stereocenters. The van der Waals surface area contributed by atoms with Crippen LogP contribution in [0.5, 0.6) is 0 Å². The molecule has 86 valence electrons. The number of aromatic nitrogens is 5. The van der Waals surface area contributed by atoms with Crippen molar-refractivity contribution in [2.75, 3.05) is 19.5 Å². The first-order valence-corrected chi connectivity index (χ1v) is 4.90. The van der Waals surface area contributed by atoms with Gasteiger partial charge in [0, 0.05) is 20.4 Å². The van der Waals surface area contributed by atoms with Crippen LogP contribution in [0.2, 0.25) is 0 Å². The fourth-order valence-electron chi connectivity index (χ4n) is 1.53. The van der Waals surface area contributed by atoms with Crippen LogP contribution in [0.1, 0.15) is 0 Å². The molecule has 0 radical (unpaired) electrons. The first-order valence-electron chi connectivity index (χ1n) is 4.90. The van der Waals surface area contributed by atoms with E-state index in [1.54, 1.807) is 22.7 Å². The number of hydrogen-bond acceptors (Lipinski definition) is 5. The van der Waals surface area contributed by atoms with Gasteiger partial charge in [-0.2, -0.15) is 5.10 Å². The van der Waals surface area contributed by atoms with E-state index in [0.717, 1.165) is 11.4 Å². The van der Waals surface area contributed by atoms with Crippen molar-refractivity contribution in [1.29, 1.82) is 0 Å². The zero-order valence-electron chi connectivity index (χ0n) is 9.29. The number of rotatable bonds is 4. The molecule has 2 N–H and O–H groups in total. The SMILES string of the molecule is COCCn1nnc(N)c1-c1ccnn1C. The van der Waals surface area contributed by atoms with Crippen LogP contribution in [0.4, 0.5) is 5.82 Å². The van der Waals surface area contributed by atoms with Gasteiger partial charge in [-0.25, -0.2) is 4.68 Å². The van der Waals surface area contributed by atoms with E-state index in [9.17, 15) is 0 Å². The third-order valence-electron chi connectivity index (χ3n) is 2.33. The Morgan fingerprint density at radius 2 is 2.31 bits per heavy atom. The van der Waals surface area contributed by atoms with Gasteiger partial charge in [0.15, 0.2) is 5.82 Å². The first-order chi connectivity index (χ1) is 7.74. The molecule has 0 aliphatic heterocycles. The van der Waals surface area contributed by atoms with Crippen molar-refractivity contribution in [3.05, 3.63) is 12.3 Å². The Labute approximate surface area is 92.8 Å². The summed E-state index contributed by atoms with van der Waals surface area (Å²) in [5.74, 6) is 0.403. The molecule has 0 aromatic carbocycles. The lowest BCUT2D eigenvalue weighted by Crippen LogP contribution is -2.09. The molecule has 0 aliphatic carbocycles. The predicted molar refractivity (Wildman–Crippen MR) is 58.5 cm³/mol. The van der Waals surface area contributed by atoms with Gasteiger partial charge in [-0.15, -0.1) is 5.10 Å². The lowest BCUT2D eigenvalue weighted by molar-refractivity contribution is 0.183. The molecule has 0 fully saturated rings. The molecule has 2 aromatic rings. The Morgan fingerprint density at radius 3 is 2.94 bits per heavy atom. The van der Waals surface area contributed by atoms with Crippen molar-refractivity contribution in [2.45, 2.75) is 6.54 Å². The van der Waals surface area contributed by atoms with Crippen molar-refractivity contribution in [2.24, 2.45) is 7.05 Å². The van der Waals surface area contributed by atoms with Crippen LogP contribution >= 0.6 is 0 Å². The normalized spacial score (nSPS) is 10.9. The molecule has 0 saturated heterocycles. The van der Waals surface area contributed by atoms with E-state index in [-0.39, 0.29) is 0 Å². The second kappa shape index (κ2) is 4.31. The molecular weight excluding hydrogens is 208 g/mol. The van der Waals surface area contributed by atoms with Gasteiger partial charge in [0.2, 0.25) is 0 Å². The van der Waals surface area contributed by atoms with E-state index in [4.69, 9.17) is 10.5 Å². The van der Waals surface area contributed by atoms with Gasteiger partial charge in [-0.1, -0.05) is 5.21 Å². The standard InChI is InChI=1S/C9H14N6O/c1-14-7(3-4-11-14)8-9(10)12-13-15(8)5-6-16-2/h3-4H,5-6,10H2,1-2H3. The predicted octanol–water partition coefficient (Wildman–Crippen LogP) is -0.0928. The van der Waals surface area contributed by atoms with Crippen molar-refractivity contribution in [3.8, 4) is 11.4 Å². The number of anilines is 1. The molecule has 0 spiro atoms. The Balaban J connectivity index is 2.39. The minimum atomic E-state index is 0.403. The maximum absolute atomic E-state index is 5.80. The summed E-state index contributed by atoms with van der Waals surface area (Å²) in [6, 6.07) is 1.87. The number of aryl methyl sites for hydroxylation is 1. The number of nitrogens with zero attached hydrogens (tertiary/aromatic N) is 5. The third kappa shape index (κ3) is 1.76. The van der Waals surface area contributed by atoms with Gasteiger partial charge in [0.25, 0.3) is 0 Å². The van der Waals surface area contributed by atoms with Crippen molar-refractivity contribution in [3.63, 3.8) is 0 Å². The number of ether oxygens (including phenoxy) is 1. The molecule has 16 heavy (non-hydrogen) atoms. The molecule has 7 heteroatoms. The minimum absolute atomic E-state index is 0.403. The molecular formula is C9H14N6O. The van der Waals surface area contributed by atoms with Gasteiger partial charge >= 0.3 is 0 Å². The highest BCUT2D eigenvalue weighted by atomic mass is 16.5. The smallest absolute Gasteiger partial charge is 0.175 e. The van der Waals surface area contributed by atoms with E-state index < -0.39 is 0 Å². The van der Waals surface area contributed by atoms with Crippen LogP contribution < -0.4 is 5.73 Å². The Bertz CT molecular complexity index is 474. The average molecular weight is 222 g/mol. The summed E-state index contributed by atoms with van der Waals surface area (Å²) in [7, 11) is 3.49. The maximum Gasteiger partial charge on any atom is 0.175 e. The molecule has 2 aromatic heterocycles. The zero-order valence-corrected chi connectivity index (χ0v) is 9.29. The van der Waals surface area contributed by atoms with Gasteiger partial charge in [-0.3, -0.25) is 4.68 Å². The molecule has 0 bridgehead atoms. The monoisotopic (exact) mass is 222 g/mol. The van der Waals surface area contributed by atoms with E-state index in [2.05, 4.69) is 15.4 Å². The highest BCUT2D eigenvalue weighted by molar-refractivity contribution is 5.66. The molecule has 0 saturated carbocycles. The van der Waals surface area contributed by atoms with Gasteiger partial charge in [0.1, 0.15) is 5.69 Å². The van der Waals surface area contributed by atoms with E-state index >= 15 is 0 Å². The Hall–Kier alpha value is -1.89. The number of hydrogen-bond donors (Lipinski definition) is 1. The van der Waals surface area contributed by atoms with Crippen LogP contribution in [0.3, 0.4) is 0 Å². The summed E-state index contributed by atoms with van der Waals surface area (Å²) >= 11 is 0. The lowest BCUT2D eigenvalue weighted by Gasteiger charge is -2.06. The molecule has 7 nitrogen and oxygen atoms in total. The number of nitrogens with two attached hydrogens (primary N) is 1. The molecule has 2 rings (SSSR count). The first kappa shape index (κ1) is 10.6. The van der Waals surface area contributed by atoms with Gasteiger partial charge in [-0.05, 0) is 6.07 Å². The van der Waals surface area contributed by atoms with Crippen LogP contribution in [-0.2, 0) is 18.3 Å². The van der Waals surface area contributed by atoms with Gasteiger partial charge < -0.3 is 10.5 Å². The van der Waals surface area contributed by atoms with E-state index in [0.29, 0.717) is 19.0 Å². The lowest BCUT2D eigenvalue weighted by atomic mass is 10.3. The topological polar surface area (TPSA) is 83.8 Å². The summed E-state index contributed by atoms with van der Waals surface area (Å²) in [4.78, 5) is 0. The highest BCUT2D eigenvalue weighted by Crippen LogP contribution is 2.22. The highest BCUT2D eigenvalue weighted by Gasteiger charge is 2.15. The van der Waals surface area contributed by atoms with Crippen molar-refractivity contribution in [1.82, 2.24) is 24.8 Å². The molecule has 0 amide bonds. The minimum Gasteiger partial charge on any atom is -0.383 e. The second-order valence-electron chi connectivity index (χ2n) is 3.38. The van der Waals surface area contributed by atoms with Crippen LogP contribution in [0.15, 0.2) is 12.3 Å². The van der Waals surface area contributed by atoms with Crippen molar-refractivity contribution >= 4 is 5.82 Å². The quantitative estimate of drug-likeness (QED) is 0.781. The summed E-state index contributed by atoms with van der Waals surface area (Å²) in [5.41, 5.74) is 7.46. The summed E-state index contributed by atoms with van der Waals surface area (Å²) in [6.07, 6.45) is 1.71. The largest absolute Gasteiger partial charge is 0.383 e. The maximum atomic E-state index is 5.80. The summed E-state index contributed by atoms with van der Waals surface area (Å²) in [6.45, 7) is 1.18. The van der Waals surface area contributed by atoms with Crippen LogP contribution in [0.25, 0.3) is 11.4 Å². The van der Waals surface area contributed by atoms with Crippen molar-refractivity contribution < 1.29 is 4.74 Å².